The Morgan fingerprint density at radius 1 is 0.759 bits per heavy atom. The van der Waals surface area contributed by atoms with E-state index in [0.29, 0.717) is 0 Å². The van der Waals surface area contributed by atoms with Crippen LogP contribution in [0, 0.1) is 13.8 Å². The lowest BCUT2D eigenvalue weighted by atomic mass is 10.1. The van der Waals surface area contributed by atoms with Gasteiger partial charge in [-0.05, 0) is 49.2 Å². The molecular formula is C26H42N2O. The van der Waals surface area contributed by atoms with E-state index in [1.165, 1.54) is 27.8 Å². The van der Waals surface area contributed by atoms with Crippen molar-refractivity contribution >= 4 is 5.91 Å². The molecule has 1 amide bonds. The molecule has 29 heavy (non-hydrogen) atoms. The molecule has 0 fully saturated rings. The molecule has 0 aliphatic carbocycles. The number of carbonyl (C=O) groups excluding carboxylic acids is 1. The van der Waals surface area contributed by atoms with Crippen LogP contribution in [0.1, 0.15) is 79.7 Å². The highest BCUT2D eigenvalue weighted by molar-refractivity contribution is 5.98. The van der Waals surface area contributed by atoms with Crippen molar-refractivity contribution in [1.29, 1.82) is 0 Å². The summed E-state index contributed by atoms with van der Waals surface area (Å²) >= 11 is 0. The average Bonchev–Trinajstić information content (AvgIpc) is 3.26. The third-order valence-electron chi connectivity index (χ3n) is 4.62. The predicted octanol–water partition coefficient (Wildman–Crippen LogP) is 6.60. The first-order valence-corrected chi connectivity index (χ1v) is 11.1. The van der Waals surface area contributed by atoms with Crippen LogP contribution >= 0.6 is 0 Å². The summed E-state index contributed by atoms with van der Waals surface area (Å²) < 4.78 is 0. The molecular weight excluding hydrogens is 356 g/mol. The highest BCUT2D eigenvalue weighted by Gasteiger charge is 2.24. The van der Waals surface area contributed by atoms with E-state index >= 15 is 0 Å². The van der Waals surface area contributed by atoms with Crippen LogP contribution in [0.25, 0.3) is 0 Å². The van der Waals surface area contributed by atoms with Crippen LogP contribution in [0.2, 0.25) is 0 Å². The van der Waals surface area contributed by atoms with Crippen molar-refractivity contribution < 1.29 is 4.79 Å². The van der Waals surface area contributed by atoms with Gasteiger partial charge in [-0.15, -0.1) is 0 Å². The van der Waals surface area contributed by atoms with Gasteiger partial charge in [-0.3, -0.25) is 9.69 Å². The van der Waals surface area contributed by atoms with Gasteiger partial charge >= 0.3 is 0 Å². The molecule has 2 heterocycles. The van der Waals surface area contributed by atoms with Gasteiger partial charge in [0.1, 0.15) is 0 Å². The fourth-order valence-electron chi connectivity index (χ4n) is 3.32. The highest BCUT2D eigenvalue weighted by atomic mass is 16.2. The van der Waals surface area contributed by atoms with E-state index in [-0.39, 0.29) is 5.91 Å². The van der Waals surface area contributed by atoms with Crippen molar-refractivity contribution in [3.8, 4) is 0 Å². The van der Waals surface area contributed by atoms with Crippen molar-refractivity contribution in [2.24, 2.45) is 0 Å². The van der Waals surface area contributed by atoms with Gasteiger partial charge in [0.05, 0.1) is 0 Å². The first-order chi connectivity index (χ1) is 14.0. The van der Waals surface area contributed by atoms with Gasteiger partial charge in [-0.2, -0.15) is 0 Å². The number of aryl methyl sites for hydroxylation is 2. The van der Waals surface area contributed by atoms with Crippen LogP contribution in [0.5, 0.6) is 0 Å². The molecule has 0 spiro atoms. The lowest BCUT2D eigenvalue weighted by molar-refractivity contribution is 0.0816. The molecule has 0 radical (unpaired) electrons. The molecule has 0 N–H and O–H groups in total. The third-order valence-corrected chi connectivity index (χ3v) is 4.62. The Morgan fingerprint density at radius 2 is 1.34 bits per heavy atom. The van der Waals surface area contributed by atoms with Crippen molar-refractivity contribution in [2.45, 2.75) is 75.0 Å². The number of nitrogens with zero attached hydrogens (tertiary/aromatic N) is 2. The zero-order chi connectivity index (χ0) is 22.6. The van der Waals surface area contributed by atoms with Crippen LogP contribution in [0.15, 0.2) is 36.4 Å². The summed E-state index contributed by atoms with van der Waals surface area (Å²) in [5, 5.41) is 0. The minimum absolute atomic E-state index is 0.147. The SMILES string of the molecule is CC.CC.CC.Cc1ccc2c(c1)CN(C)C2.Cc1cccc2c1CN(C)C2=O. The average molecular weight is 399 g/mol. The Labute approximate surface area is 179 Å². The number of benzene rings is 2. The summed E-state index contributed by atoms with van der Waals surface area (Å²) in [6.45, 7) is 19.2. The molecule has 0 saturated heterocycles. The number of rotatable bonds is 0. The zero-order valence-electron chi connectivity index (χ0n) is 20.4. The molecule has 162 valence electrons. The zero-order valence-corrected chi connectivity index (χ0v) is 20.4. The molecule has 2 aromatic carbocycles. The molecule has 0 atom stereocenters. The van der Waals surface area contributed by atoms with Gasteiger partial charge in [0.15, 0.2) is 0 Å². The number of hydrogen-bond donors (Lipinski definition) is 0. The number of hydrogen-bond acceptors (Lipinski definition) is 2. The maximum atomic E-state index is 11.5. The monoisotopic (exact) mass is 398 g/mol. The van der Waals surface area contributed by atoms with Gasteiger partial charge in [0.25, 0.3) is 5.91 Å². The Kier molecular flexibility index (Phi) is 12.9. The van der Waals surface area contributed by atoms with E-state index in [0.717, 1.165) is 25.2 Å². The summed E-state index contributed by atoms with van der Waals surface area (Å²) in [7, 11) is 4.00. The number of carbonyl (C=O) groups is 1. The van der Waals surface area contributed by atoms with Crippen molar-refractivity contribution in [1.82, 2.24) is 9.80 Å². The van der Waals surface area contributed by atoms with E-state index in [4.69, 9.17) is 0 Å². The van der Waals surface area contributed by atoms with Gasteiger partial charge in [-0.1, -0.05) is 77.4 Å². The number of amides is 1. The fourth-order valence-corrected chi connectivity index (χ4v) is 3.32. The van der Waals surface area contributed by atoms with E-state index in [1.807, 2.05) is 73.7 Å². The summed E-state index contributed by atoms with van der Waals surface area (Å²) in [6.07, 6.45) is 0. The summed E-state index contributed by atoms with van der Waals surface area (Å²) in [5.41, 5.74) is 7.65. The van der Waals surface area contributed by atoms with Gasteiger partial charge in [0, 0.05) is 32.2 Å². The maximum Gasteiger partial charge on any atom is 0.254 e. The predicted molar refractivity (Wildman–Crippen MR) is 127 cm³/mol. The molecule has 3 heteroatoms. The van der Waals surface area contributed by atoms with Crippen LogP contribution in [0.3, 0.4) is 0 Å². The molecule has 2 aliphatic rings. The molecule has 0 saturated carbocycles. The molecule has 4 rings (SSSR count). The second kappa shape index (κ2) is 13.9. The van der Waals surface area contributed by atoms with Gasteiger partial charge in [-0.25, -0.2) is 0 Å². The molecule has 0 unspecified atom stereocenters. The Morgan fingerprint density at radius 3 is 1.93 bits per heavy atom. The first kappa shape index (κ1) is 26.9. The Bertz CT molecular complexity index is 752. The summed E-state index contributed by atoms with van der Waals surface area (Å²) in [5.74, 6) is 0.147. The largest absolute Gasteiger partial charge is 0.337 e. The Hall–Kier alpha value is -2.13. The molecule has 0 aromatic heterocycles. The molecule has 2 aromatic rings. The van der Waals surface area contributed by atoms with Crippen molar-refractivity contribution in [3.05, 3.63) is 69.8 Å². The minimum atomic E-state index is 0.147. The second-order valence-corrected chi connectivity index (χ2v) is 6.71. The van der Waals surface area contributed by atoms with Crippen LogP contribution in [0.4, 0.5) is 0 Å². The topological polar surface area (TPSA) is 23.6 Å². The number of fused-ring (bicyclic) bond motifs is 2. The van der Waals surface area contributed by atoms with Crippen LogP contribution < -0.4 is 0 Å². The van der Waals surface area contributed by atoms with Gasteiger partial charge in [0.2, 0.25) is 0 Å². The quantitative estimate of drug-likeness (QED) is 0.499. The first-order valence-electron chi connectivity index (χ1n) is 11.1. The smallest absolute Gasteiger partial charge is 0.254 e. The van der Waals surface area contributed by atoms with E-state index < -0.39 is 0 Å². The van der Waals surface area contributed by atoms with Gasteiger partial charge < -0.3 is 4.90 Å². The molecule has 2 aliphatic heterocycles. The third kappa shape index (κ3) is 7.32. The second-order valence-electron chi connectivity index (χ2n) is 6.71. The Balaban J connectivity index is 0.000000432. The van der Waals surface area contributed by atoms with Crippen LogP contribution in [-0.2, 0) is 19.6 Å². The van der Waals surface area contributed by atoms with E-state index in [1.54, 1.807) is 4.90 Å². The van der Waals surface area contributed by atoms with Crippen molar-refractivity contribution in [2.75, 3.05) is 14.1 Å². The maximum absolute atomic E-state index is 11.5. The molecule has 0 bridgehead atoms. The van der Waals surface area contributed by atoms with Crippen molar-refractivity contribution in [3.63, 3.8) is 0 Å². The standard InChI is InChI=1S/C10H11NO.C10H13N.3C2H6/c1-7-4-3-5-8-9(7)6-11(2)10(8)12;1-8-3-4-9-6-11(2)7-10(9)5-8;3*1-2/h3-5H,6H2,1-2H3;3-5H,6-7H2,1-2H3;3*1-2H3. The lowest BCUT2D eigenvalue weighted by Crippen LogP contribution is -2.17. The van der Waals surface area contributed by atoms with E-state index in [9.17, 15) is 4.79 Å². The minimum Gasteiger partial charge on any atom is -0.337 e. The summed E-state index contributed by atoms with van der Waals surface area (Å²) in [6, 6.07) is 12.6. The van der Waals surface area contributed by atoms with E-state index in [2.05, 4.69) is 37.1 Å². The highest BCUT2D eigenvalue weighted by Crippen LogP contribution is 2.24. The fraction of sp³-hybridized carbons (Fsp3) is 0.500. The van der Waals surface area contributed by atoms with Crippen LogP contribution in [-0.4, -0.2) is 29.8 Å². The summed E-state index contributed by atoms with van der Waals surface area (Å²) in [4.78, 5) is 15.6. The molecule has 3 nitrogen and oxygen atoms in total. The normalized spacial score (nSPS) is 13.3. The lowest BCUT2D eigenvalue weighted by Gasteiger charge is -2.05.